The van der Waals surface area contributed by atoms with Gasteiger partial charge in [-0.25, -0.2) is 9.97 Å². The van der Waals surface area contributed by atoms with Crippen molar-refractivity contribution in [3.8, 4) is 0 Å². The SMILES string of the molecule is CSc1nc(N)c2nnn(C3O[C@H](CO)[C@@H](O)[C@H]3O)c2n1. The quantitative estimate of drug-likeness (QED) is 0.374. The van der Waals surface area contributed by atoms with Crippen molar-refractivity contribution in [2.24, 2.45) is 0 Å². The summed E-state index contributed by atoms with van der Waals surface area (Å²) in [4.78, 5) is 8.29. The fourth-order valence-electron chi connectivity index (χ4n) is 2.17. The zero-order valence-corrected chi connectivity index (χ0v) is 11.8. The summed E-state index contributed by atoms with van der Waals surface area (Å²) in [6.07, 6.45) is -2.60. The molecule has 1 aliphatic heterocycles. The molecule has 1 unspecified atom stereocenters. The molecule has 1 aliphatic rings. The lowest BCUT2D eigenvalue weighted by Crippen LogP contribution is -2.33. The minimum atomic E-state index is -1.26. The minimum Gasteiger partial charge on any atom is -0.394 e. The lowest BCUT2D eigenvalue weighted by Gasteiger charge is -2.14. The van der Waals surface area contributed by atoms with Gasteiger partial charge >= 0.3 is 0 Å². The van der Waals surface area contributed by atoms with Crippen molar-refractivity contribution >= 4 is 28.7 Å². The van der Waals surface area contributed by atoms with Gasteiger partial charge in [0.1, 0.15) is 18.3 Å². The fourth-order valence-corrected chi connectivity index (χ4v) is 2.54. The Morgan fingerprint density at radius 3 is 2.71 bits per heavy atom. The Labute approximate surface area is 122 Å². The van der Waals surface area contributed by atoms with E-state index in [0.717, 1.165) is 0 Å². The highest BCUT2D eigenvalue weighted by molar-refractivity contribution is 7.98. The molecule has 0 aliphatic carbocycles. The molecule has 3 rings (SSSR count). The number of nitrogens with two attached hydrogens (primary N) is 1. The van der Waals surface area contributed by atoms with Gasteiger partial charge in [0.15, 0.2) is 28.4 Å². The number of anilines is 1. The molecule has 3 heterocycles. The maximum atomic E-state index is 10.0. The molecule has 1 fully saturated rings. The second kappa shape index (κ2) is 5.35. The third kappa shape index (κ3) is 2.22. The molecule has 2 aromatic heterocycles. The van der Waals surface area contributed by atoms with E-state index in [0.29, 0.717) is 10.8 Å². The number of hydrogen-bond donors (Lipinski definition) is 4. The Bertz CT molecular complexity index is 666. The Hall–Kier alpha value is -1.53. The third-order valence-electron chi connectivity index (χ3n) is 3.27. The molecule has 0 aromatic carbocycles. The minimum absolute atomic E-state index is 0.169. The summed E-state index contributed by atoms with van der Waals surface area (Å²) in [6.45, 7) is -0.422. The normalized spacial score (nSPS) is 29.3. The maximum absolute atomic E-state index is 10.0. The number of ether oxygens (including phenoxy) is 1. The summed E-state index contributed by atoms with van der Waals surface area (Å²) in [7, 11) is 0. The molecule has 5 N–H and O–H groups in total. The summed E-state index contributed by atoms with van der Waals surface area (Å²) in [5, 5.41) is 37.1. The van der Waals surface area contributed by atoms with E-state index in [4.69, 9.17) is 15.6 Å². The first-order chi connectivity index (χ1) is 10.1. The van der Waals surface area contributed by atoms with E-state index >= 15 is 0 Å². The number of hydrogen-bond acceptors (Lipinski definition) is 10. The van der Waals surface area contributed by atoms with E-state index in [1.54, 1.807) is 6.26 Å². The van der Waals surface area contributed by atoms with E-state index in [2.05, 4.69) is 20.3 Å². The van der Waals surface area contributed by atoms with Crippen LogP contribution in [0.25, 0.3) is 11.2 Å². The molecule has 0 saturated carbocycles. The van der Waals surface area contributed by atoms with Gasteiger partial charge in [-0.05, 0) is 6.26 Å². The van der Waals surface area contributed by atoms with Crippen molar-refractivity contribution in [1.29, 1.82) is 0 Å². The summed E-state index contributed by atoms with van der Waals surface area (Å²) < 4.78 is 6.64. The van der Waals surface area contributed by atoms with Gasteiger partial charge in [0.05, 0.1) is 6.61 Å². The van der Waals surface area contributed by atoms with Crippen LogP contribution in [0.1, 0.15) is 6.23 Å². The summed E-state index contributed by atoms with van der Waals surface area (Å²) >= 11 is 1.30. The van der Waals surface area contributed by atoms with E-state index in [1.165, 1.54) is 16.4 Å². The van der Waals surface area contributed by atoms with E-state index < -0.39 is 31.1 Å². The molecule has 4 atom stereocenters. The van der Waals surface area contributed by atoms with Gasteiger partial charge < -0.3 is 25.8 Å². The van der Waals surface area contributed by atoms with Gasteiger partial charge in [-0.2, -0.15) is 4.68 Å². The monoisotopic (exact) mass is 314 g/mol. The zero-order chi connectivity index (χ0) is 15.1. The molecule has 0 bridgehead atoms. The standard InChI is InChI=1S/C10H14N6O4S/c1-21-10-12-7(11)4-8(13-10)16(15-14-4)9-6(19)5(18)3(2-17)20-9/h3,5-6,9,17-19H,2H2,1H3,(H2,11,12,13)/t3-,5-,6-,9?/m1/s1. The van der Waals surface area contributed by atoms with Gasteiger partial charge in [0.2, 0.25) is 0 Å². The average Bonchev–Trinajstić information content (AvgIpc) is 3.02. The predicted molar refractivity (Wildman–Crippen MR) is 72.3 cm³/mol. The molecule has 11 heteroatoms. The number of nitrogens with zero attached hydrogens (tertiary/aromatic N) is 5. The first-order valence-electron chi connectivity index (χ1n) is 6.11. The van der Waals surface area contributed by atoms with Crippen molar-refractivity contribution in [1.82, 2.24) is 25.0 Å². The lowest BCUT2D eigenvalue weighted by molar-refractivity contribution is -0.0575. The molecule has 0 amide bonds. The number of aliphatic hydroxyl groups is 3. The summed E-state index contributed by atoms with van der Waals surface area (Å²) in [6, 6.07) is 0. The Kier molecular flexibility index (Phi) is 3.67. The van der Waals surface area contributed by atoms with Crippen LogP contribution in [0, 0.1) is 0 Å². The number of aromatic nitrogens is 5. The first kappa shape index (κ1) is 14.4. The second-order valence-corrected chi connectivity index (χ2v) is 5.30. The van der Waals surface area contributed by atoms with Crippen LogP contribution >= 0.6 is 11.8 Å². The van der Waals surface area contributed by atoms with Gasteiger partial charge in [0, 0.05) is 0 Å². The van der Waals surface area contributed by atoms with Crippen molar-refractivity contribution in [3.05, 3.63) is 0 Å². The van der Waals surface area contributed by atoms with Crippen molar-refractivity contribution < 1.29 is 20.1 Å². The van der Waals surface area contributed by atoms with Crippen LogP contribution in [0.3, 0.4) is 0 Å². The Morgan fingerprint density at radius 1 is 1.33 bits per heavy atom. The highest BCUT2D eigenvalue weighted by atomic mass is 32.2. The van der Waals surface area contributed by atoms with Gasteiger partial charge in [-0.1, -0.05) is 17.0 Å². The second-order valence-electron chi connectivity index (χ2n) is 4.53. The molecule has 21 heavy (non-hydrogen) atoms. The topological polar surface area (TPSA) is 152 Å². The molecule has 114 valence electrons. The molecular formula is C10H14N6O4S. The number of aliphatic hydroxyl groups excluding tert-OH is 3. The molecule has 10 nitrogen and oxygen atoms in total. The predicted octanol–water partition coefficient (Wildman–Crippen LogP) is -1.86. The Balaban J connectivity index is 2.07. The number of rotatable bonds is 3. The van der Waals surface area contributed by atoms with Crippen LogP contribution in [-0.2, 0) is 4.74 Å². The molecule has 0 spiro atoms. The molecule has 2 aromatic rings. The fraction of sp³-hybridized carbons (Fsp3) is 0.600. The maximum Gasteiger partial charge on any atom is 0.191 e. The molecule has 0 radical (unpaired) electrons. The van der Waals surface area contributed by atoms with Gasteiger partial charge in [-0.3, -0.25) is 0 Å². The van der Waals surface area contributed by atoms with Crippen LogP contribution in [-0.4, -0.2) is 71.5 Å². The zero-order valence-electron chi connectivity index (χ0n) is 11.0. The van der Waals surface area contributed by atoms with Crippen molar-refractivity contribution in [3.63, 3.8) is 0 Å². The van der Waals surface area contributed by atoms with E-state index in [-0.39, 0.29) is 11.3 Å². The van der Waals surface area contributed by atoms with Crippen LogP contribution in [0.5, 0.6) is 0 Å². The average molecular weight is 314 g/mol. The van der Waals surface area contributed by atoms with Crippen LogP contribution in [0.15, 0.2) is 5.16 Å². The van der Waals surface area contributed by atoms with Crippen LogP contribution in [0.4, 0.5) is 5.82 Å². The van der Waals surface area contributed by atoms with Crippen molar-refractivity contribution in [2.75, 3.05) is 18.6 Å². The van der Waals surface area contributed by atoms with Crippen LogP contribution in [0.2, 0.25) is 0 Å². The largest absolute Gasteiger partial charge is 0.394 e. The lowest BCUT2D eigenvalue weighted by atomic mass is 10.1. The molecular weight excluding hydrogens is 300 g/mol. The highest BCUT2D eigenvalue weighted by Gasteiger charge is 2.44. The Morgan fingerprint density at radius 2 is 2.10 bits per heavy atom. The van der Waals surface area contributed by atoms with E-state index in [9.17, 15) is 10.2 Å². The number of thioether (sulfide) groups is 1. The van der Waals surface area contributed by atoms with Gasteiger partial charge in [-0.15, -0.1) is 5.10 Å². The van der Waals surface area contributed by atoms with Gasteiger partial charge in [0.25, 0.3) is 0 Å². The third-order valence-corrected chi connectivity index (χ3v) is 3.82. The number of fused-ring (bicyclic) bond motifs is 1. The van der Waals surface area contributed by atoms with Crippen molar-refractivity contribution in [2.45, 2.75) is 29.7 Å². The number of nitrogen functional groups attached to an aromatic ring is 1. The summed E-state index contributed by atoms with van der Waals surface area (Å²) in [5.41, 5.74) is 6.36. The summed E-state index contributed by atoms with van der Waals surface area (Å²) in [5.74, 6) is 0.169. The smallest absolute Gasteiger partial charge is 0.191 e. The van der Waals surface area contributed by atoms with E-state index in [1.807, 2.05) is 0 Å². The molecule has 1 saturated heterocycles. The van der Waals surface area contributed by atoms with Crippen LogP contribution < -0.4 is 5.73 Å². The highest BCUT2D eigenvalue weighted by Crippen LogP contribution is 2.31. The first-order valence-corrected chi connectivity index (χ1v) is 7.34.